The summed E-state index contributed by atoms with van der Waals surface area (Å²) >= 11 is 0. The first-order chi connectivity index (χ1) is 2.64. The lowest BCUT2D eigenvalue weighted by atomic mass is 10.6. The van der Waals surface area contributed by atoms with Crippen molar-refractivity contribution in [3.05, 3.63) is 12.3 Å². The van der Waals surface area contributed by atoms with Crippen LogP contribution in [0, 0.1) is 0 Å². The summed E-state index contributed by atoms with van der Waals surface area (Å²) in [7, 11) is 0. The minimum atomic E-state index is -0.880. The van der Waals surface area contributed by atoms with Crippen LogP contribution in [0.2, 0.25) is 0 Å². The first-order valence-corrected chi connectivity index (χ1v) is 1.32. The molecule has 0 atom stereocenters. The van der Waals surface area contributed by atoms with Crippen molar-refractivity contribution in [3.8, 4) is 0 Å². The maximum atomic E-state index is 9.57. The number of halogens is 2. The smallest absolute Gasteiger partial charge is 0.282 e. The standard InChI is InChI=1S/C3H5NO2.2ClH.H2O/c1-2(5)3(4)6;;;/h5H,1H2,(H2,4,6);2*1H;1H2. The van der Waals surface area contributed by atoms with Crippen molar-refractivity contribution in [1.29, 1.82) is 0 Å². The second-order valence-corrected chi connectivity index (χ2v) is 0.811. The minimum Gasteiger partial charge on any atom is -0.503 e. The molecule has 5 N–H and O–H groups in total. The third kappa shape index (κ3) is 18.5. The summed E-state index contributed by atoms with van der Waals surface area (Å²) in [6.45, 7) is 2.84. The molecule has 0 heterocycles. The Labute approximate surface area is 64.9 Å². The quantitative estimate of drug-likeness (QED) is 0.420. The Hall–Kier alpha value is -0.450. The van der Waals surface area contributed by atoms with Crippen LogP contribution in [0.3, 0.4) is 0 Å². The van der Waals surface area contributed by atoms with Crippen LogP contribution in [-0.2, 0) is 4.79 Å². The van der Waals surface area contributed by atoms with E-state index in [-0.39, 0.29) is 30.3 Å². The van der Waals surface area contributed by atoms with Gasteiger partial charge in [0.15, 0.2) is 5.76 Å². The van der Waals surface area contributed by atoms with E-state index in [2.05, 4.69) is 12.3 Å². The van der Waals surface area contributed by atoms with Gasteiger partial charge in [-0.2, -0.15) is 0 Å². The first-order valence-electron chi connectivity index (χ1n) is 1.32. The van der Waals surface area contributed by atoms with Gasteiger partial charge in [-0.05, 0) is 0 Å². The molecular formula is C3H9Cl2NO3. The molecule has 0 radical (unpaired) electrons. The average molecular weight is 178 g/mol. The van der Waals surface area contributed by atoms with Gasteiger partial charge in [-0.1, -0.05) is 6.58 Å². The molecule has 0 aliphatic heterocycles. The summed E-state index contributed by atoms with van der Waals surface area (Å²) in [5.74, 6) is -1.48. The zero-order valence-electron chi connectivity index (χ0n) is 4.46. The van der Waals surface area contributed by atoms with Gasteiger partial charge in [0.05, 0.1) is 0 Å². The van der Waals surface area contributed by atoms with E-state index in [1.807, 2.05) is 0 Å². The van der Waals surface area contributed by atoms with Gasteiger partial charge in [-0.3, -0.25) is 4.79 Å². The Balaban J connectivity index is -0.0000000417. The summed E-state index contributed by atoms with van der Waals surface area (Å²) < 4.78 is 0. The van der Waals surface area contributed by atoms with E-state index in [4.69, 9.17) is 5.11 Å². The number of hydrogen-bond donors (Lipinski definition) is 2. The predicted molar refractivity (Wildman–Crippen MR) is 39.1 cm³/mol. The molecule has 0 aliphatic rings. The molecular weight excluding hydrogens is 169 g/mol. The van der Waals surface area contributed by atoms with Crippen LogP contribution < -0.4 is 5.73 Å². The van der Waals surface area contributed by atoms with E-state index in [1.54, 1.807) is 0 Å². The molecule has 0 aromatic heterocycles. The van der Waals surface area contributed by atoms with Crippen molar-refractivity contribution in [1.82, 2.24) is 0 Å². The highest BCUT2D eigenvalue weighted by Gasteiger charge is 1.90. The second kappa shape index (κ2) is 10.5. The lowest BCUT2D eigenvalue weighted by molar-refractivity contribution is -0.116. The van der Waals surface area contributed by atoms with E-state index in [1.165, 1.54) is 0 Å². The molecule has 0 rings (SSSR count). The van der Waals surface area contributed by atoms with E-state index in [0.717, 1.165) is 0 Å². The van der Waals surface area contributed by atoms with Gasteiger partial charge >= 0.3 is 0 Å². The van der Waals surface area contributed by atoms with Crippen LogP contribution in [0.25, 0.3) is 0 Å². The van der Waals surface area contributed by atoms with Crippen LogP contribution in [-0.4, -0.2) is 16.5 Å². The number of hydrogen-bond acceptors (Lipinski definition) is 2. The van der Waals surface area contributed by atoms with Gasteiger partial charge in [0.2, 0.25) is 0 Å². The van der Waals surface area contributed by atoms with Crippen molar-refractivity contribution < 1.29 is 15.4 Å². The molecule has 6 heteroatoms. The lowest BCUT2D eigenvalue weighted by Crippen LogP contribution is -2.11. The van der Waals surface area contributed by atoms with Gasteiger partial charge in [0.1, 0.15) is 0 Å². The molecule has 0 saturated heterocycles. The fourth-order valence-electron chi connectivity index (χ4n) is 0. The Morgan fingerprint density at radius 3 is 1.56 bits per heavy atom. The molecule has 0 bridgehead atoms. The Morgan fingerprint density at radius 1 is 1.44 bits per heavy atom. The molecule has 0 fully saturated rings. The normalized spacial score (nSPS) is 4.89. The number of carbonyl (C=O) groups excluding carboxylic acids is 1. The summed E-state index contributed by atoms with van der Waals surface area (Å²) in [4.78, 5) is 9.57. The minimum absolute atomic E-state index is 0. The van der Waals surface area contributed by atoms with Crippen molar-refractivity contribution in [2.24, 2.45) is 5.73 Å². The monoisotopic (exact) mass is 177 g/mol. The Bertz CT molecular complexity index is 83.1. The van der Waals surface area contributed by atoms with Gasteiger partial charge in [-0.15, -0.1) is 24.8 Å². The van der Waals surface area contributed by atoms with E-state index >= 15 is 0 Å². The molecule has 0 saturated carbocycles. The summed E-state index contributed by atoms with van der Waals surface area (Å²) in [5, 5.41) is 7.96. The van der Waals surface area contributed by atoms with E-state index in [0.29, 0.717) is 0 Å². The van der Waals surface area contributed by atoms with Crippen LogP contribution in [0.4, 0.5) is 0 Å². The van der Waals surface area contributed by atoms with Gasteiger partial charge in [0.25, 0.3) is 5.91 Å². The maximum Gasteiger partial charge on any atom is 0.282 e. The molecule has 0 spiro atoms. The largest absolute Gasteiger partial charge is 0.503 e. The third-order valence-electron chi connectivity index (χ3n) is 0.284. The Morgan fingerprint density at radius 2 is 1.56 bits per heavy atom. The van der Waals surface area contributed by atoms with Crippen molar-refractivity contribution in [2.75, 3.05) is 0 Å². The molecule has 0 unspecified atom stereocenters. The predicted octanol–water partition coefficient (Wildman–Crippen LogP) is -0.438. The number of aliphatic hydroxyl groups is 1. The highest BCUT2D eigenvalue weighted by atomic mass is 35.5. The van der Waals surface area contributed by atoms with Crippen LogP contribution in [0.1, 0.15) is 0 Å². The SMILES string of the molecule is C=C(O)C(N)=O.Cl.Cl.O. The number of aliphatic hydroxyl groups excluding tert-OH is 1. The second-order valence-electron chi connectivity index (χ2n) is 0.811. The maximum absolute atomic E-state index is 9.57. The van der Waals surface area contributed by atoms with Crippen molar-refractivity contribution in [2.45, 2.75) is 0 Å². The molecule has 0 aliphatic carbocycles. The van der Waals surface area contributed by atoms with Crippen LogP contribution in [0.15, 0.2) is 12.3 Å². The molecule has 4 nitrogen and oxygen atoms in total. The highest BCUT2D eigenvalue weighted by molar-refractivity contribution is 5.88. The van der Waals surface area contributed by atoms with Gasteiger partial charge in [0, 0.05) is 0 Å². The first kappa shape index (κ1) is 23.5. The van der Waals surface area contributed by atoms with Crippen molar-refractivity contribution >= 4 is 30.7 Å². The molecule has 1 amide bonds. The van der Waals surface area contributed by atoms with Gasteiger partial charge < -0.3 is 16.3 Å². The number of primary amides is 1. The zero-order valence-corrected chi connectivity index (χ0v) is 6.09. The highest BCUT2D eigenvalue weighted by Crippen LogP contribution is 1.71. The van der Waals surface area contributed by atoms with Crippen LogP contribution >= 0.6 is 24.8 Å². The van der Waals surface area contributed by atoms with E-state index < -0.39 is 11.7 Å². The fraction of sp³-hybridized carbons (Fsp3) is 0. The number of carbonyl (C=O) groups is 1. The number of rotatable bonds is 1. The molecule has 0 aromatic carbocycles. The lowest BCUT2D eigenvalue weighted by Gasteiger charge is -1.81. The summed E-state index contributed by atoms with van der Waals surface area (Å²) in [5.41, 5.74) is 4.45. The Kier molecular flexibility index (Phi) is 27.5. The van der Waals surface area contributed by atoms with Crippen molar-refractivity contribution in [3.63, 3.8) is 0 Å². The summed E-state index contributed by atoms with van der Waals surface area (Å²) in [6.07, 6.45) is 0. The number of amides is 1. The molecule has 0 aromatic rings. The van der Waals surface area contributed by atoms with Crippen LogP contribution in [0.5, 0.6) is 0 Å². The van der Waals surface area contributed by atoms with E-state index in [9.17, 15) is 4.79 Å². The zero-order chi connectivity index (χ0) is 5.15. The number of nitrogens with two attached hydrogens (primary N) is 1. The average Bonchev–Trinajstić information content (AvgIpc) is 1.36. The molecule has 58 valence electrons. The van der Waals surface area contributed by atoms with Gasteiger partial charge in [-0.25, -0.2) is 0 Å². The third-order valence-corrected chi connectivity index (χ3v) is 0.284. The molecule has 9 heavy (non-hydrogen) atoms. The topological polar surface area (TPSA) is 94.8 Å². The fourth-order valence-corrected chi connectivity index (χ4v) is 0. The summed E-state index contributed by atoms with van der Waals surface area (Å²) in [6, 6.07) is 0.